The van der Waals surface area contributed by atoms with Gasteiger partial charge in [0.2, 0.25) is 0 Å². The number of hydrogen-bond acceptors (Lipinski definition) is 5. The third-order valence-electron chi connectivity index (χ3n) is 3.15. The summed E-state index contributed by atoms with van der Waals surface area (Å²) in [6.45, 7) is 0.0290. The van der Waals surface area contributed by atoms with E-state index in [1.54, 1.807) is 30.3 Å². The fourth-order valence-electron chi connectivity index (χ4n) is 1.97. The average Bonchev–Trinajstić information content (AvgIpc) is 2.58. The largest absolute Gasteiger partial charge is 0.460 e. The van der Waals surface area contributed by atoms with Crippen molar-refractivity contribution in [2.24, 2.45) is 0 Å². The number of non-ortho nitro benzene ring substituents is 1. The molecule has 0 aromatic heterocycles. The fourth-order valence-corrected chi connectivity index (χ4v) is 2.19. The minimum absolute atomic E-state index is 0.0290. The molecule has 2 aromatic carbocycles. The smallest absolute Gasteiger partial charge is 0.314 e. The van der Waals surface area contributed by atoms with Crippen molar-refractivity contribution in [3.63, 3.8) is 0 Å². The van der Waals surface area contributed by atoms with Gasteiger partial charge in [-0.15, -0.1) is 0 Å². The van der Waals surface area contributed by atoms with Crippen LogP contribution in [-0.4, -0.2) is 16.7 Å². The molecule has 0 spiro atoms. The lowest BCUT2D eigenvalue weighted by atomic mass is 10.1. The van der Waals surface area contributed by atoms with Crippen LogP contribution in [0.1, 0.15) is 17.5 Å². The maximum absolute atomic E-state index is 11.8. The van der Waals surface area contributed by atoms with Crippen molar-refractivity contribution < 1.29 is 19.2 Å². The first-order chi connectivity index (χ1) is 11.9. The Labute approximate surface area is 148 Å². The molecule has 0 atom stereocenters. The maximum atomic E-state index is 11.8. The molecule has 0 saturated heterocycles. The summed E-state index contributed by atoms with van der Waals surface area (Å²) in [5.74, 6) is -1.11. The molecule has 2 rings (SSSR count). The van der Waals surface area contributed by atoms with Gasteiger partial charge in [0.25, 0.3) is 5.69 Å². The van der Waals surface area contributed by atoms with Crippen LogP contribution in [0.4, 0.5) is 5.69 Å². The number of carbonyl (C=O) groups is 2. The molecule has 0 unspecified atom stereocenters. The Bertz CT molecular complexity index is 832. The lowest BCUT2D eigenvalue weighted by Crippen LogP contribution is -2.09. The van der Waals surface area contributed by atoms with Gasteiger partial charge in [0, 0.05) is 17.2 Å². The predicted molar refractivity (Wildman–Crippen MR) is 93.0 cm³/mol. The number of halogens is 1. The minimum atomic E-state index is -0.659. The van der Waals surface area contributed by atoms with E-state index in [9.17, 15) is 19.7 Å². The third kappa shape index (κ3) is 6.19. The molecule has 7 heteroatoms. The van der Waals surface area contributed by atoms with Crippen LogP contribution >= 0.6 is 11.6 Å². The summed E-state index contributed by atoms with van der Waals surface area (Å²) in [6, 6.07) is 12.7. The highest BCUT2D eigenvalue weighted by Gasteiger charge is 2.09. The zero-order valence-electron chi connectivity index (χ0n) is 13.1. The van der Waals surface area contributed by atoms with E-state index in [0.29, 0.717) is 10.6 Å². The predicted octanol–water partition coefficient (Wildman–Crippen LogP) is 3.96. The molecule has 0 aliphatic heterocycles. The summed E-state index contributed by atoms with van der Waals surface area (Å²) in [5.41, 5.74) is 1.14. The first-order valence-corrected chi connectivity index (χ1v) is 7.67. The Kier molecular flexibility index (Phi) is 6.42. The van der Waals surface area contributed by atoms with Crippen molar-refractivity contribution in [1.82, 2.24) is 0 Å². The van der Waals surface area contributed by atoms with Gasteiger partial charge in [-0.25, -0.2) is 0 Å². The van der Waals surface area contributed by atoms with Crippen molar-refractivity contribution >= 4 is 35.1 Å². The highest BCUT2D eigenvalue weighted by atomic mass is 35.5. The molecular formula is C18H14ClNO5. The van der Waals surface area contributed by atoms with Crippen molar-refractivity contribution in [1.29, 1.82) is 0 Å². The first-order valence-electron chi connectivity index (χ1n) is 7.29. The first kappa shape index (κ1) is 18.4. The minimum Gasteiger partial charge on any atom is -0.460 e. The van der Waals surface area contributed by atoms with Crippen molar-refractivity contribution in [2.75, 3.05) is 0 Å². The number of nitrogens with zero attached hydrogens (tertiary/aromatic N) is 1. The monoisotopic (exact) mass is 359 g/mol. The van der Waals surface area contributed by atoms with Gasteiger partial charge in [0.05, 0.1) is 4.92 Å². The Balaban J connectivity index is 1.85. The molecule has 2 aromatic rings. The molecule has 0 radical (unpaired) electrons. The van der Waals surface area contributed by atoms with Crippen molar-refractivity contribution in [3.8, 4) is 0 Å². The highest BCUT2D eigenvalue weighted by Crippen LogP contribution is 2.14. The Morgan fingerprint density at radius 3 is 2.64 bits per heavy atom. The van der Waals surface area contributed by atoms with E-state index in [-0.39, 0.29) is 12.3 Å². The molecule has 0 aliphatic carbocycles. The van der Waals surface area contributed by atoms with Crippen LogP contribution < -0.4 is 0 Å². The van der Waals surface area contributed by atoms with Crippen molar-refractivity contribution in [2.45, 2.75) is 13.0 Å². The van der Waals surface area contributed by atoms with Crippen LogP contribution in [0.5, 0.6) is 0 Å². The van der Waals surface area contributed by atoms with E-state index in [4.69, 9.17) is 16.3 Å². The van der Waals surface area contributed by atoms with Gasteiger partial charge in [-0.2, -0.15) is 0 Å². The molecule has 128 valence electrons. The highest BCUT2D eigenvalue weighted by molar-refractivity contribution is 6.30. The number of benzene rings is 2. The molecule has 0 aliphatic rings. The van der Waals surface area contributed by atoms with Crippen LogP contribution in [0.3, 0.4) is 0 Å². The van der Waals surface area contributed by atoms with E-state index in [1.165, 1.54) is 30.4 Å². The molecule has 6 nitrogen and oxygen atoms in total. The van der Waals surface area contributed by atoms with Crippen LogP contribution in [0, 0.1) is 10.1 Å². The average molecular weight is 360 g/mol. The maximum Gasteiger partial charge on any atom is 0.314 e. The number of hydrogen-bond donors (Lipinski definition) is 0. The molecule has 0 saturated carbocycles. The molecular weight excluding hydrogens is 346 g/mol. The number of rotatable bonds is 7. The van der Waals surface area contributed by atoms with Gasteiger partial charge in [-0.1, -0.05) is 41.9 Å². The van der Waals surface area contributed by atoms with Gasteiger partial charge in [-0.3, -0.25) is 19.7 Å². The van der Waals surface area contributed by atoms with E-state index in [1.807, 2.05) is 0 Å². The Morgan fingerprint density at radius 1 is 1.16 bits per heavy atom. The lowest BCUT2D eigenvalue weighted by Gasteiger charge is -2.04. The van der Waals surface area contributed by atoms with Crippen LogP contribution in [0.2, 0.25) is 5.02 Å². The normalized spacial score (nSPS) is 10.6. The Morgan fingerprint density at radius 2 is 1.92 bits per heavy atom. The number of nitro groups is 1. The molecule has 0 fully saturated rings. The summed E-state index contributed by atoms with van der Waals surface area (Å²) < 4.78 is 5.01. The number of ether oxygens (including phenoxy) is 1. The van der Waals surface area contributed by atoms with E-state index in [2.05, 4.69) is 0 Å². The standard InChI is InChI=1S/C18H14ClNO5/c19-15-5-1-4-14(9-15)12-25-18(22)11-17(21)8-7-13-3-2-6-16(10-13)20(23)24/h1-10H,11-12H2. The van der Waals surface area contributed by atoms with Crippen LogP contribution in [0.15, 0.2) is 54.6 Å². The van der Waals surface area contributed by atoms with Crippen LogP contribution in [-0.2, 0) is 20.9 Å². The molecule has 0 N–H and O–H groups in total. The second-order valence-corrected chi connectivity index (χ2v) is 5.56. The number of carbonyl (C=O) groups excluding carboxylic acids is 2. The van der Waals surface area contributed by atoms with Gasteiger partial charge in [0.1, 0.15) is 13.0 Å². The topological polar surface area (TPSA) is 86.5 Å². The molecule has 0 amide bonds. The number of ketones is 1. The summed E-state index contributed by atoms with van der Waals surface area (Å²) in [5, 5.41) is 11.2. The number of nitro benzene ring substituents is 1. The molecule has 0 heterocycles. The van der Waals surface area contributed by atoms with Crippen molar-refractivity contribution in [3.05, 3.63) is 80.9 Å². The van der Waals surface area contributed by atoms with Gasteiger partial charge in [-0.05, 0) is 29.3 Å². The summed E-state index contributed by atoms with van der Waals surface area (Å²) >= 11 is 5.83. The number of esters is 1. The zero-order valence-corrected chi connectivity index (χ0v) is 13.8. The van der Waals surface area contributed by atoms with Gasteiger partial charge >= 0.3 is 5.97 Å². The zero-order chi connectivity index (χ0) is 18.2. The lowest BCUT2D eigenvalue weighted by molar-refractivity contribution is -0.384. The van der Waals surface area contributed by atoms with Gasteiger partial charge in [0.15, 0.2) is 5.78 Å². The summed E-state index contributed by atoms with van der Waals surface area (Å²) in [6.07, 6.45) is 2.20. The van der Waals surface area contributed by atoms with E-state index in [0.717, 1.165) is 5.56 Å². The summed E-state index contributed by atoms with van der Waals surface area (Å²) in [4.78, 5) is 33.6. The quantitative estimate of drug-likeness (QED) is 0.245. The third-order valence-corrected chi connectivity index (χ3v) is 3.39. The number of allylic oxidation sites excluding steroid dienone is 1. The van der Waals surface area contributed by atoms with Crippen LogP contribution in [0.25, 0.3) is 6.08 Å². The summed E-state index contributed by atoms with van der Waals surface area (Å²) in [7, 11) is 0. The fraction of sp³-hybridized carbons (Fsp3) is 0.111. The Hall–Kier alpha value is -2.99. The molecule has 0 bridgehead atoms. The van der Waals surface area contributed by atoms with E-state index >= 15 is 0 Å². The molecule has 25 heavy (non-hydrogen) atoms. The van der Waals surface area contributed by atoms with Gasteiger partial charge < -0.3 is 4.74 Å². The SMILES string of the molecule is O=C(C=Cc1cccc([N+](=O)[O-])c1)CC(=O)OCc1cccc(Cl)c1. The van der Waals surface area contributed by atoms with E-state index < -0.39 is 23.1 Å². The second-order valence-electron chi connectivity index (χ2n) is 5.12. The second kappa shape index (κ2) is 8.75.